The van der Waals surface area contributed by atoms with E-state index in [4.69, 9.17) is 14.2 Å². The van der Waals surface area contributed by atoms with E-state index >= 15 is 0 Å². The molecule has 0 spiro atoms. The van der Waals surface area contributed by atoms with Crippen LogP contribution in [0.4, 0.5) is 0 Å². The number of para-hydroxylation sites is 2. The summed E-state index contributed by atoms with van der Waals surface area (Å²) in [7, 11) is 1.53. The fourth-order valence-corrected chi connectivity index (χ4v) is 2.35. The van der Waals surface area contributed by atoms with E-state index in [2.05, 4.69) is 10.5 Å². The Bertz CT molecular complexity index is 819. The number of ether oxygens (including phenoxy) is 3. The molecule has 2 N–H and O–H groups in total. The van der Waals surface area contributed by atoms with Gasteiger partial charge in [-0.1, -0.05) is 12.1 Å². The molecule has 1 aliphatic heterocycles. The first kappa shape index (κ1) is 16.6. The van der Waals surface area contributed by atoms with E-state index in [0.717, 1.165) is 0 Å². The first-order valence-corrected chi connectivity index (χ1v) is 7.68. The van der Waals surface area contributed by atoms with Crippen LogP contribution in [-0.4, -0.2) is 36.5 Å². The molecule has 0 bridgehead atoms. The fourth-order valence-electron chi connectivity index (χ4n) is 2.35. The van der Waals surface area contributed by atoms with Crippen molar-refractivity contribution in [1.82, 2.24) is 5.43 Å². The lowest BCUT2D eigenvalue weighted by atomic mass is 10.1. The predicted molar refractivity (Wildman–Crippen MR) is 91.4 cm³/mol. The fraction of sp³-hybridized carbons (Fsp3) is 0.222. The topological polar surface area (TPSA) is 89.4 Å². The molecule has 130 valence electrons. The van der Waals surface area contributed by atoms with E-state index in [1.165, 1.54) is 13.2 Å². The zero-order valence-corrected chi connectivity index (χ0v) is 13.9. The van der Waals surface area contributed by atoms with Crippen molar-refractivity contribution in [2.45, 2.75) is 13.0 Å². The van der Waals surface area contributed by atoms with Gasteiger partial charge < -0.3 is 19.3 Å². The van der Waals surface area contributed by atoms with Crippen molar-refractivity contribution in [3.8, 4) is 23.0 Å². The molecule has 0 aromatic heterocycles. The summed E-state index contributed by atoms with van der Waals surface area (Å²) < 4.78 is 16.2. The van der Waals surface area contributed by atoms with Crippen LogP contribution in [0, 0.1) is 0 Å². The molecule has 1 heterocycles. The van der Waals surface area contributed by atoms with Crippen LogP contribution < -0.4 is 19.6 Å². The maximum Gasteiger partial charge on any atom is 0.284 e. The molecule has 0 saturated heterocycles. The standard InChI is InChI=1S/C18H18N2O5/c1-11(13-9-12(23-2)7-8-14(13)21)19-20-18(22)17-10-24-15-5-3-4-6-16(15)25-17/h3-9,17,21H,10H2,1-2H3,(H,20,22)/b19-11+/t17-/m1/s1. The zero-order chi connectivity index (χ0) is 17.8. The molecule has 1 atom stereocenters. The number of hydrogen-bond donors (Lipinski definition) is 2. The van der Waals surface area contributed by atoms with Crippen molar-refractivity contribution < 1.29 is 24.1 Å². The predicted octanol–water partition coefficient (Wildman–Crippen LogP) is 2.08. The minimum atomic E-state index is -0.801. The number of hydrazone groups is 1. The highest BCUT2D eigenvalue weighted by molar-refractivity contribution is 6.02. The highest BCUT2D eigenvalue weighted by Crippen LogP contribution is 2.30. The van der Waals surface area contributed by atoms with Crippen LogP contribution in [0.3, 0.4) is 0 Å². The normalized spacial score (nSPS) is 16.2. The second kappa shape index (κ2) is 7.12. The van der Waals surface area contributed by atoms with Gasteiger partial charge in [-0.2, -0.15) is 5.10 Å². The van der Waals surface area contributed by atoms with Gasteiger partial charge >= 0.3 is 0 Å². The molecule has 0 unspecified atom stereocenters. The van der Waals surface area contributed by atoms with Crippen LogP contribution in [0.5, 0.6) is 23.0 Å². The van der Waals surface area contributed by atoms with Gasteiger partial charge in [0, 0.05) is 5.56 Å². The Labute approximate surface area is 144 Å². The summed E-state index contributed by atoms with van der Waals surface area (Å²) in [6, 6.07) is 11.9. The number of rotatable bonds is 4. The first-order chi connectivity index (χ1) is 12.1. The van der Waals surface area contributed by atoms with Crippen LogP contribution in [0.15, 0.2) is 47.6 Å². The lowest BCUT2D eigenvalue weighted by molar-refractivity contribution is -0.130. The third-order valence-electron chi connectivity index (χ3n) is 3.73. The highest BCUT2D eigenvalue weighted by atomic mass is 16.6. The zero-order valence-electron chi connectivity index (χ0n) is 13.9. The lowest BCUT2D eigenvalue weighted by Crippen LogP contribution is -2.42. The number of phenols is 1. The molecule has 25 heavy (non-hydrogen) atoms. The monoisotopic (exact) mass is 342 g/mol. The number of carbonyl (C=O) groups is 1. The Morgan fingerprint density at radius 3 is 2.80 bits per heavy atom. The average Bonchev–Trinajstić information content (AvgIpc) is 2.65. The quantitative estimate of drug-likeness (QED) is 0.656. The van der Waals surface area contributed by atoms with Crippen molar-refractivity contribution in [1.29, 1.82) is 0 Å². The maximum atomic E-state index is 12.2. The molecule has 1 aliphatic rings. The van der Waals surface area contributed by atoms with Crippen LogP contribution in [0.25, 0.3) is 0 Å². The highest BCUT2D eigenvalue weighted by Gasteiger charge is 2.27. The molecule has 7 nitrogen and oxygen atoms in total. The van der Waals surface area contributed by atoms with E-state index in [9.17, 15) is 9.90 Å². The number of hydrogen-bond acceptors (Lipinski definition) is 6. The second-order valence-corrected chi connectivity index (χ2v) is 5.42. The Balaban J connectivity index is 1.68. The molecule has 7 heteroatoms. The number of methoxy groups -OCH3 is 1. The Morgan fingerprint density at radius 1 is 1.28 bits per heavy atom. The number of fused-ring (bicyclic) bond motifs is 1. The van der Waals surface area contributed by atoms with E-state index < -0.39 is 12.0 Å². The molecule has 0 fully saturated rings. The van der Waals surface area contributed by atoms with Gasteiger partial charge in [0.2, 0.25) is 6.10 Å². The minimum absolute atomic E-state index is 0.0440. The molecule has 1 amide bonds. The Morgan fingerprint density at radius 2 is 2.04 bits per heavy atom. The van der Waals surface area contributed by atoms with Crippen LogP contribution in [0.2, 0.25) is 0 Å². The van der Waals surface area contributed by atoms with Crippen LogP contribution in [0.1, 0.15) is 12.5 Å². The number of nitrogens with one attached hydrogen (secondary N) is 1. The van der Waals surface area contributed by atoms with Crippen molar-refractivity contribution in [3.05, 3.63) is 48.0 Å². The lowest BCUT2D eigenvalue weighted by Gasteiger charge is -2.24. The number of aromatic hydroxyl groups is 1. The SMILES string of the molecule is COc1ccc(O)c(/C(C)=N/NC(=O)[C@H]2COc3ccccc3O2)c1. The molecule has 0 radical (unpaired) electrons. The molecule has 3 rings (SSSR count). The minimum Gasteiger partial charge on any atom is -0.507 e. The molecule has 2 aromatic rings. The van der Waals surface area contributed by atoms with E-state index in [1.54, 1.807) is 37.3 Å². The third kappa shape index (κ3) is 3.65. The van der Waals surface area contributed by atoms with Gasteiger partial charge in [-0.05, 0) is 37.3 Å². The number of phenolic OH excluding ortho intramolecular Hbond substituents is 1. The van der Waals surface area contributed by atoms with Gasteiger partial charge in [0.05, 0.1) is 12.8 Å². The van der Waals surface area contributed by atoms with Crippen LogP contribution >= 0.6 is 0 Å². The average molecular weight is 342 g/mol. The smallest absolute Gasteiger partial charge is 0.284 e. The first-order valence-electron chi connectivity index (χ1n) is 7.68. The van der Waals surface area contributed by atoms with Crippen LogP contribution in [-0.2, 0) is 4.79 Å². The summed E-state index contributed by atoms with van der Waals surface area (Å²) in [5, 5.41) is 14.0. The second-order valence-electron chi connectivity index (χ2n) is 5.42. The number of benzene rings is 2. The number of carbonyl (C=O) groups excluding carboxylic acids is 1. The summed E-state index contributed by atoms with van der Waals surface area (Å²) in [4.78, 5) is 12.2. The van der Waals surface area contributed by atoms with Crippen molar-refractivity contribution in [2.24, 2.45) is 5.10 Å². The largest absolute Gasteiger partial charge is 0.507 e. The Hall–Kier alpha value is -3.22. The van der Waals surface area contributed by atoms with E-state index in [-0.39, 0.29) is 12.4 Å². The maximum absolute atomic E-state index is 12.2. The van der Waals surface area contributed by atoms with Crippen molar-refractivity contribution in [3.63, 3.8) is 0 Å². The summed E-state index contributed by atoms with van der Waals surface area (Å²) in [6.45, 7) is 1.77. The molecule has 0 aliphatic carbocycles. The number of nitrogens with zero attached hydrogens (tertiary/aromatic N) is 1. The van der Waals surface area contributed by atoms with E-state index in [0.29, 0.717) is 28.5 Å². The molecular formula is C18H18N2O5. The van der Waals surface area contributed by atoms with Crippen molar-refractivity contribution >= 4 is 11.6 Å². The Kier molecular flexibility index (Phi) is 4.74. The van der Waals surface area contributed by atoms with Crippen molar-refractivity contribution in [2.75, 3.05) is 13.7 Å². The number of amides is 1. The van der Waals surface area contributed by atoms with Gasteiger partial charge in [-0.25, -0.2) is 5.43 Å². The summed E-state index contributed by atoms with van der Waals surface area (Å²) in [5.41, 5.74) is 3.33. The molecular weight excluding hydrogens is 324 g/mol. The van der Waals surface area contributed by atoms with Gasteiger partial charge in [-0.3, -0.25) is 4.79 Å². The summed E-state index contributed by atoms with van der Waals surface area (Å²) in [5.74, 6) is 1.31. The summed E-state index contributed by atoms with van der Waals surface area (Å²) in [6.07, 6.45) is -0.801. The van der Waals surface area contributed by atoms with Gasteiger partial charge in [0.1, 0.15) is 18.1 Å². The van der Waals surface area contributed by atoms with Gasteiger partial charge in [0.25, 0.3) is 5.91 Å². The van der Waals surface area contributed by atoms with E-state index in [1.807, 2.05) is 6.07 Å². The summed E-state index contributed by atoms with van der Waals surface area (Å²) >= 11 is 0. The molecule has 0 saturated carbocycles. The third-order valence-corrected chi connectivity index (χ3v) is 3.73. The van der Waals surface area contributed by atoms with Gasteiger partial charge in [0.15, 0.2) is 11.5 Å². The molecule has 2 aromatic carbocycles. The van der Waals surface area contributed by atoms with Gasteiger partial charge in [-0.15, -0.1) is 0 Å².